The molecular weight excluding hydrogens is 262 g/mol. The predicted octanol–water partition coefficient (Wildman–Crippen LogP) is 3.57. The number of nitrogens with one attached hydrogen (secondary N) is 1. The van der Waals surface area contributed by atoms with Gasteiger partial charge in [-0.25, -0.2) is 0 Å². The molecule has 0 aliphatic heterocycles. The molecule has 4 rings (SSSR count). The van der Waals surface area contributed by atoms with Gasteiger partial charge in [0.05, 0.1) is 12.7 Å². The molecule has 2 saturated carbocycles. The smallest absolute Gasteiger partial charge is 0.153 e. The van der Waals surface area contributed by atoms with Gasteiger partial charge in [0.15, 0.2) is 5.82 Å². The summed E-state index contributed by atoms with van der Waals surface area (Å²) in [6, 6.07) is 8.05. The summed E-state index contributed by atoms with van der Waals surface area (Å²) >= 11 is 0. The third-order valence-corrected chi connectivity index (χ3v) is 5.19. The first-order chi connectivity index (χ1) is 10.3. The van der Waals surface area contributed by atoms with E-state index in [9.17, 15) is 0 Å². The Kier molecular flexibility index (Phi) is 2.91. The molecule has 0 bridgehead atoms. The van der Waals surface area contributed by atoms with Gasteiger partial charge in [0.2, 0.25) is 0 Å². The van der Waals surface area contributed by atoms with Crippen molar-refractivity contribution in [3.8, 4) is 16.9 Å². The van der Waals surface area contributed by atoms with Gasteiger partial charge in [-0.15, -0.1) is 0 Å². The van der Waals surface area contributed by atoms with Gasteiger partial charge in [-0.3, -0.25) is 5.10 Å². The first kappa shape index (κ1) is 12.7. The van der Waals surface area contributed by atoms with E-state index in [1.807, 2.05) is 18.2 Å². The molecule has 2 unspecified atom stereocenters. The minimum atomic E-state index is 0.582. The maximum absolute atomic E-state index is 6.15. The van der Waals surface area contributed by atoms with Gasteiger partial charge in [-0.2, -0.15) is 5.10 Å². The molecule has 1 aromatic carbocycles. The van der Waals surface area contributed by atoms with Crippen LogP contribution in [0.3, 0.4) is 0 Å². The molecule has 2 aliphatic rings. The van der Waals surface area contributed by atoms with E-state index in [1.165, 1.54) is 31.4 Å². The molecule has 0 spiro atoms. The van der Waals surface area contributed by atoms with E-state index < -0.39 is 0 Å². The molecule has 2 aliphatic carbocycles. The molecule has 4 nitrogen and oxygen atoms in total. The fourth-order valence-corrected chi connectivity index (χ4v) is 4.17. The van der Waals surface area contributed by atoms with Crippen molar-refractivity contribution in [2.24, 2.45) is 11.8 Å². The van der Waals surface area contributed by atoms with Crippen LogP contribution in [0.2, 0.25) is 0 Å². The fraction of sp³-hybridized carbons (Fsp3) is 0.471. The van der Waals surface area contributed by atoms with Crippen LogP contribution < -0.4 is 10.5 Å². The van der Waals surface area contributed by atoms with Crippen LogP contribution in [0.1, 0.15) is 37.3 Å². The highest BCUT2D eigenvalue weighted by Crippen LogP contribution is 2.62. The van der Waals surface area contributed by atoms with Gasteiger partial charge in [0, 0.05) is 17.2 Å². The Labute approximate surface area is 124 Å². The first-order valence-corrected chi connectivity index (χ1v) is 7.78. The number of nitrogens with zero attached hydrogens (tertiary/aromatic N) is 1. The van der Waals surface area contributed by atoms with Crippen LogP contribution in [-0.2, 0) is 0 Å². The monoisotopic (exact) mass is 283 g/mol. The largest absolute Gasteiger partial charge is 0.496 e. The molecule has 0 radical (unpaired) electrons. The minimum Gasteiger partial charge on any atom is -0.496 e. The number of rotatable bonds is 3. The highest BCUT2D eigenvalue weighted by Gasteiger charge is 2.53. The van der Waals surface area contributed by atoms with Gasteiger partial charge in [-0.1, -0.05) is 31.0 Å². The molecule has 1 heterocycles. The van der Waals surface area contributed by atoms with Crippen LogP contribution in [0.15, 0.2) is 24.3 Å². The quantitative estimate of drug-likeness (QED) is 0.905. The Morgan fingerprint density at radius 2 is 1.90 bits per heavy atom. The molecule has 2 aromatic rings. The number of nitrogen functional groups attached to an aromatic ring is 1. The van der Waals surface area contributed by atoms with Gasteiger partial charge < -0.3 is 10.5 Å². The Hall–Kier alpha value is -1.97. The normalized spacial score (nSPS) is 27.2. The van der Waals surface area contributed by atoms with Crippen molar-refractivity contribution in [2.45, 2.75) is 31.6 Å². The van der Waals surface area contributed by atoms with E-state index in [0.29, 0.717) is 11.7 Å². The summed E-state index contributed by atoms with van der Waals surface area (Å²) < 4.78 is 5.50. The minimum absolute atomic E-state index is 0.582. The molecule has 3 N–H and O–H groups in total. The average molecular weight is 283 g/mol. The lowest BCUT2D eigenvalue weighted by molar-refractivity contribution is 0.416. The fourth-order valence-electron chi connectivity index (χ4n) is 4.17. The second-order valence-corrected chi connectivity index (χ2v) is 6.24. The third kappa shape index (κ3) is 1.93. The summed E-state index contributed by atoms with van der Waals surface area (Å²) in [7, 11) is 1.70. The van der Waals surface area contributed by atoms with E-state index in [0.717, 1.165) is 28.7 Å². The first-order valence-electron chi connectivity index (χ1n) is 7.78. The van der Waals surface area contributed by atoms with Crippen LogP contribution in [0, 0.1) is 11.8 Å². The van der Waals surface area contributed by atoms with Crippen molar-refractivity contribution in [2.75, 3.05) is 12.8 Å². The number of ether oxygens (including phenoxy) is 1. The van der Waals surface area contributed by atoms with E-state index in [1.54, 1.807) is 7.11 Å². The van der Waals surface area contributed by atoms with Crippen molar-refractivity contribution in [1.82, 2.24) is 10.2 Å². The summed E-state index contributed by atoms with van der Waals surface area (Å²) in [5.41, 5.74) is 9.46. The Morgan fingerprint density at radius 1 is 1.19 bits per heavy atom. The lowest BCUT2D eigenvalue weighted by Crippen LogP contribution is -1.94. The summed E-state index contributed by atoms with van der Waals surface area (Å²) in [4.78, 5) is 0. The average Bonchev–Trinajstić information content (AvgIpc) is 3.14. The number of fused-ring (bicyclic) bond motifs is 1. The lowest BCUT2D eigenvalue weighted by atomic mass is 10.0. The maximum atomic E-state index is 6.15. The summed E-state index contributed by atoms with van der Waals surface area (Å²) in [6.45, 7) is 0. The number of aromatic amines is 1. The molecular formula is C17H21N3O. The Balaban J connectivity index is 1.78. The number of hydrogen-bond donors (Lipinski definition) is 2. The number of hydrogen-bond acceptors (Lipinski definition) is 3. The van der Waals surface area contributed by atoms with Crippen LogP contribution in [0.25, 0.3) is 11.1 Å². The van der Waals surface area contributed by atoms with Crippen LogP contribution in [0.4, 0.5) is 5.82 Å². The Bertz CT molecular complexity index is 652. The summed E-state index contributed by atoms with van der Waals surface area (Å²) in [5.74, 6) is 3.70. The van der Waals surface area contributed by atoms with Crippen LogP contribution in [-0.4, -0.2) is 17.3 Å². The lowest BCUT2D eigenvalue weighted by Gasteiger charge is -2.09. The Morgan fingerprint density at radius 3 is 2.62 bits per heavy atom. The SMILES string of the molecule is COc1ccccc1-c1c(N)n[nH]c1C1C2CCCCC21. The highest BCUT2D eigenvalue weighted by molar-refractivity contribution is 5.81. The molecule has 21 heavy (non-hydrogen) atoms. The predicted molar refractivity (Wildman–Crippen MR) is 83.2 cm³/mol. The summed E-state index contributed by atoms with van der Waals surface area (Å²) in [5, 5.41) is 7.50. The standard InChI is InChI=1S/C17H21N3O/c1-21-13-9-5-4-8-12(13)15-16(19-20-17(15)18)14-10-6-2-3-7-11(10)14/h4-5,8-11,14H,2-3,6-7H2,1H3,(H3,18,19,20). The van der Waals surface area contributed by atoms with Crippen molar-refractivity contribution < 1.29 is 4.74 Å². The molecule has 0 saturated heterocycles. The zero-order valence-electron chi connectivity index (χ0n) is 12.3. The zero-order chi connectivity index (χ0) is 14.4. The molecule has 110 valence electrons. The van der Waals surface area contributed by atoms with Crippen molar-refractivity contribution >= 4 is 5.82 Å². The zero-order valence-corrected chi connectivity index (χ0v) is 12.3. The second-order valence-electron chi connectivity index (χ2n) is 6.24. The van der Waals surface area contributed by atoms with Crippen molar-refractivity contribution in [3.63, 3.8) is 0 Å². The maximum Gasteiger partial charge on any atom is 0.153 e. The van der Waals surface area contributed by atoms with Gasteiger partial charge in [0.1, 0.15) is 5.75 Å². The highest BCUT2D eigenvalue weighted by atomic mass is 16.5. The molecule has 2 atom stereocenters. The van der Waals surface area contributed by atoms with Crippen molar-refractivity contribution in [3.05, 3.63) is 30.0 Å². The van der Waals surface area contributed by atoms with Crippen molar-refractivity contribution in [1.29, 1.82) is 0 Å². The number of H-pyrrole nitrogens is 1. The second kappa shape index (κ2) is 4.79. The number of anilines is 1. The van der Waals surface area contributed by atoms with Gasteiger partial charge >= 0.3 is 0 Å². The number of aromatic nitrogens is 2. The number of nitrogens with two attached hydrogens (primary N) is 1. The topological polar surface area (TPSA) is 63.9 Å². The van der Waals surface area contributed by atoms with Gasteiger partial charge in [0.25, 0.3) is 0 Å². The number of methoxy groups -OCH3 is 1. The summed E-state index contributed by atoms with van der Waals surface area (Å²) in [6.07, 6.45) is 5.43. The van der Waals surface area contributed by atoms with Crippen LogP contribution in [0.5, 0.6) is 5.75 Å². The van der Waals surface area contributed by atoms with Crippen LogP contribution >= 0.6 is 0 Å². The van der Waals surface area contributed by atoms with E-state index in [-0.39, 0.29) is 0 Å². The number of benzene rings is 1. The molecule has 1 aromatic heterocycles. The van der Waals surface area contributed by atoms with E-state index in [4.69, 9.17) is 10.5 Å². The molecule has 0 amide bonds. The molecule has 2 fully saturated rings. The number of para-hydroxylation sites is 1. The van der Waals surface area contributed by atoms with Gasteiger partial charge in [-0.05, 0) is 30.7 Å². The van der Waals surface area contributed by atoms with E-state index in [2.05, 4.69) is 16.3 Å². The molecule has 4 heteroatoms. The van der Waals surface area contributed by atoms with E-state index >= 15 is 0 Å². The third-order valence-electron chi connectivity index (χ3n) is 5.19.